The summed E-state index contributed by atoms with van der Waals surface area (Å²) in [5.41, 5.74) is 0. The quantitative estimate of drug-likeness (QED) is 0.766. The number of amides is 2. The third-order valence-electron chi connectivity index (χ3n) is 2.48. The third-order valence-corrected chi connectivity index (χ3v) is 2.48. The topological polar surface area (TPSA) is 99.9 Å². The van der Waals surface area contributed by atoms with E-state index in [2.05, 4.69) is 5.32 Å². The Morgan fingerprint density at radius 2 is 2.17 bits per heavy atom. The normalized spacial score (nSPS) is 11.7. The van der Waals surface area contributed by atoms with Crippen molar-refractivity contribution in [2.45, 2.75) is 13.0 Å². The molecule has 7 heteroatoms. The Hall–Kier alpha value is -2.31. The van der Waals surface area contributed by atoms with Crippen molar-refractivity contribution in [3.8, 4) is 0 Å². The number of carbonyl (C=O) groups excluding carboxylic acids is 2. The number of hydrogen-bond donors (Lipinski definition) is 2. The second kappa shape index (κ2) is 5.85. The molecule has 1 aromatic rings. The van der Waals surface area contributed by atoms with Crippen LogP contribution >= 0.6 is 0 Å². The van der Waals surface area contributed by atoms with Gasteiger partial charge in [-0.1, -0.05) is 0 Å². The average Bonchev–Trinajstić information content (AvgIpc) is 2.87. The number of rotatable bonds is 5. The summed E-state index contributed by atoms with van der Waals surface area (Å²) in [6.45, 7) is 1.10. The molecule has 0 aromatic carbocycles. The molecule has 18 heavy (non-hydrogen) atoms. The SMILES string of the molecule is CC(C(=O)O)N(C)C(=O)CNC(=O)c1ccco1. The van der Waals surface area contributed by atoms with Crippen molar-refractivity contribution in [3.05, 3.63) is 24.2 Å². The summed E-state index contributed by atoms with van der Waals surface area (Å²) in [4.78, 5) is 34.7. The second-order valence-corrected chi connectivity index (χ2v) is 3.68. The number of furan rings is 1. The lowest BCUT2D eigenvalue weighted by atomic mass is 10.3. The Bertz CT molecular complexity index is 440. The van der Waals surface area contributed by atoms with Gasteiger partial charge in [-0.05, 0) is 19.1 Å². The van der Waals surface area contributed by atoms with Crippen LogP contribution in [0.25, 0.3) is 0 Å². The molecule has 98 valence electrons. The fraction of sp³-hybridized carbons (Fsp3) is 0.364. The van der Waals surface area contributed by atoms with Crippen LogP contribution in [0.2, 0.25) is 0 Å². The summed E-state index contributed by atoms with van der Waals surface area (Å²) < 4.78 is 4.84. The predicted molar refractivity (Wildman–Crippen MR) is 60.9 cm³/mol. The van der Waals surface area contributed by atoms with E-state index in [0.29, 0.717) is 0 Å². The molecule has 0 spiro atoms. The van der Waals surface area contributed by atoms with Gasteiger partial charge in [0.05, 0.1) is 12.8 Å². The van der Waals surface area contributed by atoms with E-state index in [1.807, 2.05) is 0 Å². The lowest BCUT2D eigenvalue weighted by Gasteiger charge is -2.21. The molecule has 2 amide bonds. The molecule has 0 radical (unpaired) electrons. The van der Waals surface area contributed by atoms with E-state index in [9.17, 15) is 14.4 Å². The summed E-state index contributed by atoms with van der Waals surface area (Å²) in [5, 5.41) is 11.1. The van der Waals surface area contributed by atoms with E-state index in [1.165, 1.54) is 26.3 Å². The maximum Gasteiger partial charge on any atom is 0.326 e. The maximum absolute atomic E-state index is 11.6. The van der Waals surface area contributed by atoms with Gasteiger partial charge in [0, 0.05) is 7.05 Å². The van der Waals surface area contributed by atoms with Gasteiger partial charge in [0.15, 0.2) is 5.76 Å². The molecule has 1 unspecified atom stereocenters. The molecular formula is C11H14N2O5. The van der Waals surface area contributed by atoms with E-state index < -0.39 is 23.8 Å². The first-order valence-electron chi connectivity index (χ1n) is 5.23. The van der Waals surface area contributed by atoms with Crippen molar-refractivity contribution in [1.29, 1.82) is 0 Å². The van der Waals surface area contributed by atoms with E-state index in [0.717, 1.165) is 4.90 Å². The van der Waals surface area contributed by atoms with Gasteiger partial charge >= 0.3 is 5.97 Å². The number of nitrogens with one attached hydrogen (secondary N) is 1. The zero-order chi connectivity index (χ0) is 13.7. The first kappa shape index (κ1) is 13.8. The number of likely N-dealkylation sites (N-methyl/N-ethyl adjacent to an activating group) is 1. The minimum Gasteiger partial charge on any atom is -0.480 e. The summed E-state index contributed by atoms with van der Waals surface area (Å²) in [5.74, 6) is -2.03. The Balaban J connectivity index is 2.46. The Morgan fingerprint density at radius 3 is 2.67 bits per heavy atom. The molecule has 1 heterocycles. The Morgan fingerprint density at radius 1 is 1.50 bits per heavy atom. The Labute approximate surface area is 103 Å². The van der Waals surface area contributed by atoms with Gasteiger partial charge in [-0.25, -0.2) is 4.79 Å². The molecule has 1 rings (SSSR count). The molecule has 1 atom stereocenters. The summed E-state index contributed by atoms with van der Waals surface area (Å²) in [7, 11) is 1.36. The van der Waals surface area contributed by atoms with Gasteiger partial charge < -0.3 is 19.7 Å². The standard InChI is InChI=1S/C11H14N2O5/c1-7(11(16)17)13(2)9(14)6-12-10(15)8-4-3-5-18-8/h3-5,7H,6H2,1-2H3,(H,12,15)(H,16,17). The average molecular weight is 254 g/mol. The van der Waals surface area contributed by atoms with Crippen LogP contribution in [0.5, 0.6) is 0 Å². The van der Waals surface area contributed by atoms with Crippen LogP contribution in [0.3, 0.4) is 0 Å². The van der Waals surface area contributed by atoms with Crippen LogP contribution in [-0.4, -0.2) is 47.4 Å². The van der Waals surface area contributed by atoms with Gasteiger partial charge in [-0.15, -0.1) is 0 Å². The molecule has 7 nitrogen and oxygen atoms in total. The minimum absolute atomic E-state index is 0.0942. The summed E-state index contributed by atoms with van der Waals surface area (Å²) in [6, 6.07) is 2.07. The smallest absolute Gasteiger partial charge is 0.326 e. The van der Waals surface area contributed by atoms with Crippen LogP contribution < -0.4 is 5.32 Å². The molecule has 0 aliphatic rings. The molecular weight excluding hydrogens is 240 g/mol. The first-order valence-corrected chi connectivity index (χ1v) is 5.23. The number of nitrogens with zero attached hydrogens (tertiary/aromatic N) is 1. The molecule has 2 N–H and O–H groups in total. The first-order chi connectivity index (χ1) is 8.43. The number of aliphatic carboxylic acids is 1. The highest BCUT2D eigenvalue weighted by molar-refractivity contribution is 5.94. The molecule has 0 saturated carbocycles. The third kappa shape index (κ3) is 3.34. The highest BCUT2D eigenvalue weighted by atomic mass is 16.4. The highest BCUT2D eigenvalue weighted by Crippen LogP contribution is 2.00. The number of carbonyl (C=O) groups is 3. The van der Waals surface area contributed by atoms with E-state index in [4.69, 9.17) is 9.52 Å². The summed E-state index contributed by atoms with van der Waals surface area (Å²) in [6.07, 6.45) is 1.34. The van der Waals surface area contributed by atoms with Crippen molar-refractivity contribution < 1.29 is 23.9 Å². The fourth-order valence-corrected chi connectivity index (χ4v) is 1.16. The predicted octanol–water partition coefficient (Wildman–Crippen LogP) is -0.0591. The van der Waals surface area contributed by atoms with Crippen molar-refractivity contribution in [3.63, 3.8) is 0 Å². The van der Waals surface area contributed by atoms with E-state index in [1.54, 1.807) is 6.07 Å². The Kier molecular flexibility index (Phi) is 4.47. The molecule has 0 aliphatic heterocycles. The lowest BCUT2D eigenvalue weighted by Crippen LogP contribution is -2.45. The van der Waals surface area contributed by atoms with Crippen LogP contribution in [-0.2, 0) is 9.59 Å². The minimum atomic E-state index is -1.11. The molecule has 0 fully saturated rings. The highest BCUT2D eigenvalue weighted by Gasteiger charge is 2.22. The van der Waals surface area contributed by atoms with Gasteiger partial charge in [-0.3, -0.25) is 9.59 Å². The van der Waals surface area contributed by atoms with Crippen molar-refractivity contribution in [2.75, 3.05) is 13.6 Å². The molecule has 0 saturated heterocycles. The number of hydrogen-bond acceptors (Lipinski definition) is 4. The fourth-order valence-electron chi connectivity index (χ4n) is 1.16. The van der Waals surface area contributed by atoms with Crippen LogP contribution in [0, 0.1) is 0 Å². The largest absolute Gasteiger partial charge is 0.480 e. The zero-order valence-corrected chi connectivity index (χ0v) is 10.0. The van der Waals surface area contributed by atoms with Crippen LogP contribution in [0.4, 0.5) is 0 Å². The van der Waals surface area contributed by atoms with E-state index >= 15 is 0 Å². The van der Waals surface area contributed by atoms with Gasteiger partial charge in [0.1, 0.15) is 6.04 Å². The van der Waals surface area contributed by atoms with Crippen LogP contribution in [0.15, 0.2) is 22.8 Å². The molecule has 1 aromatic heterocycles. The molecule has 0 aliphatic carbocycles. The second-order valence-electron chi connectivity index (χ2n) is 3.68. The van der Waals surface area contributed by atoms with Gasteiger partial charge in [-0.2, -0.15) is 0 Å². The van der Waals surface area contributed by atoms with Crippen molar-refractivity contribution >= 4 is 17.8 Å². The van der Waals surface area contributed by atoms with Crippen molar-refractivity contribution in [2.24, 2.45) is 0 Å². The van der Waals surface area contributed by atoms with Crippen molar-refractivity contribution in [1.82, 2.24) is 10.2 Å². The van der Waals surface area contributed by atoms with Gasteiger partial charge in [0.2, 0.25) is 5.91 Å². The van der Waals surface area contributed by atoms with Gasteiger partial charge in [0.25, 0.3) is 5.91 Å². The lowest BCUT2D eigenvalue weighted by molar-refractivity contribution is -0.147. The number of carboxylic acid groups (broad SMARTS) is 1. The zero-order valence-electron chi connectivity index (χ0n) is 10.0. The molecule has 0 bridgehead atoms. The number of carboxylic acids is 1. The summed E-state index contributed by atoms with van der Waals surface area (Å²) >= 11 is 0. The maximum atomic E-state index is 11.6. The van der Waals surface area contributed by atoms with Crippen LogP contribution in [0.1, 0.15) is 17.5 Å². The monoisotopic (exact) mass is 254 g/mol. The van der Waals surface area contributed by atoms with E-state index in [-0.39, 0.29) is 12.3 Å².